The minimum Gasteiger partial charge on any atom is -0.490 e. The first-order valence-electron chi connectivity index (χ1n) is 8.14. The predicted molar refractivity (Wildman–Crippen MR) is 90.9 cm³/mol. The maximum atomic E-state index is 5.97. The van der Waals surface area contributed by atoms with Gasteiger partial charge in [-0.05, 0) is 75.0 Å². The quantitative estimate of drug-likeness (QED) is 0.815. The van der Waals surface area contributed by atoms with Crippen molar-refractivity contribution in [3.05, 3.63) is 24.3 Å². The smallest absolute Gasteiger partial charge is 0.170 e. The van der Waals surface area contributed by atoms with Crippen LogP contribution < -0.4 is 15.4 Å². The van der Waals surface area contributed by atoms with Gasteiger partial charge in [-0.25, -0.2) is 0 Å². The summed E-state index contributed by atoms with van der Waals surface area (Å²) >= 11 is 5.37. The van der Waals surface area contributed by atoms with Gasteiger partial charge in [0, 0.05) is 11.7 Å². The van der Waals surface area contributed by atoms with E-state index in [0.717, 1.165) is 16.5 Å². The molecule has 0 saturated heterocycles. The van der Waals surface area contributed by atoms with Gasteiger partial charge in [0.25, 0.3) is 0 Å². The Kier molecular flexibility index (Phi) is 4.96. The van der Waals surface area contributed by atoms with Crippen LogP contribution in [0.1, 0.15) is 51.4 Å². The molecule has 0 atom stereocenters. The number of nitrogens with one attached hydrogen (secondary N) is 2. The molecule has 0 aromatic heterocycles. The zero-order valence-corrected chi connectivity index (χ0v) is 13.3. The molecule has 2 fully saturated rings. The molecule has 4 heteroatoms. The van der Waals surface area contributed by atoms with Crippen molar-refractivity contribution < 1.29 is 4.74 Å². The van der Waals surface area contributed by atoms with Gasteiger partial charge in [-0.15, -0.1) is 0 Å². The van der Waals surface area contributed by atoms with Crippen LogP contribution in [0.4, 0.5) is 5.69 Å². The minimum atomic E-state index is 0.411. The van der Waals surface area contributed by atoms with Crippen molar-refractivity contribution in [3.8, 4) is 5.75 Å². The second kappa shape index (κ2) is 7.12. The van der Waals surface area contributed by atoms with Crippen LogP contribution in [0, 0.1) is 0 Å². The Morgan fingerprint density at radius 1 is 0.952 bits per heavy atom. The lowest BCUT2D eigenvalue weighted by atomic mass is 10.2. The highest BCUT2D eigenvalue weighted by Gasteiger charge is 2.17. The number of hydrogen-bond acceptors (Lipinski definition) is 2. The molecule has 0 aliphatic heterocycles. The average molecular weight is 304 g/mol. The first-order valence-corrected chi connectivity index (χ1v) is 8.55. The van der Waals surface area contributed by atoms with Crippen molar-refractivity contribution in [3.63, 3.8) is 0 Å². The third-order valence-corrected chi connectivity index (χ3v) is 4.63. The minimum absolute atomic E-state index is 0.411. The second-order valence-corrected chi connectivity index (χ2v) is 6.54. The van der Waals surface area contributed by atoms with E-state index >= 15 is 0 Å². The van der Waals surface area contributed by atoms with Crippen LogP contribution in [-0.2, 0) is 0 Å². The Hall–Kier alpha value is -1.29. The van der Waals surface area contributed by atoms with Gasteiger partial charge in [0.1, 0.15) is 5.75 Å². The van der Waals surface area contributed by atoms with Crippen molar-refractivity contribution in [1.82, 2.24) is 5.32 Å². The highest BCUT2D eigenvalue weighted by atomic mass is 32.1. The third-order valence-electron chi connectivity index (χ3n) is 4.41. The normalized spacial score (nSPS) is 19.6. The fourth-order valence-corrected chi connectivity index (χ4v) is 3.52. The summed E-state index contributed by atoms with van der Waals surface area (Å²) in [6.45, 7) is 0. The molecule has 0 heterocycles. The molecule has 0 amide bonds. The Balaban J connectivity index is 1.47. The maximum absolute atomic E-state index is 5.97. The van der Waals surface area contributed by atoms with E-state index in [0.29, 0.717) is 12.1 Å². The van der Waals surface area contributed by atoms with Crippen molar-refractivity contribution in [2.75, 3.05) is 5.32 Å². The van der Waals surface area contributed by atoms with Crippen molar-refractivity contribution in [1.29, 1.82) is 0 Å². The van der Waals surface area contributed by atoms with Gasteiger partial charge in [-0.2, -0.15) is 0 Å². The predicted octanol–water partition coefficient (Wildman–Crippen LogP) is 4.24. The number of rotatable bonds is 4. The summed E-state index contributed by atoms with van der Waals surface area (Å²) in [6.07, 6.45) is 10.5. The van der Waals surface area contributed by atoms with E-state index in [2.05, 4.69) is 10.6 Å². The van der Waals surface area contributed by atoms with E-state index in [1.165, 1.54) is 51.4 Å². The number of ether oxygens (including phenoxy) is 1. The Labute approximate surface area is 132 Å². The average Bonchev–Trinajstić information content (AvgIpc) is 3.14. The van der Waals surface area contributed by atoms with Gasteiger partial charge in [-0.3, -0.25) is 0 Å². The van der Waals surface area contributed by atoms with Crippen LogP contribution in [0.3, 0.4) is 0 Å². The van der Waals surface area contributed by atoms with Crippen molar-refractivity contribution in [2.24, 2.45) is 0 Å². The molecule has 114 valence electrons. The SMILES string of the molecule is S=C(Nc1ccc(OC2CCCC2)cc1)NC1CCCC1. The highest BCUT2D eigenvalue weighted by Crippen LogP contribution is 2.25. The molecular formula is C17H24N2OS. The van der Waals surface area contributed by atoms with E-state index in [1.807, 2.05) is 24.3 Å². The lowest BCUT2D eigenvalue weighted by Gasteiger charge is -2.16. The monoisotopic (exact) mass is 304 g/mol. The second-order valence-electron chi connectivity index (χ2n) is 6.13. The molecule has 21 heavy (non-hydrogen) atoms. The van der Waals surface area contributed by atoms with Crippen molar-refractivity contribution in [2.45, 2.75) is 63.5 Å². The van der Waals surface area contributed by atoms with Crippen LogP contribution in [0.5, 0.6) is 5.75 Å². The zero-order valence-electron chi connectivity index (χ0n) is 12.4. The number of anilines is 1. The van der Waals surface area contributed by atoms with Crippen LogP contribution >= 0.6 is 12.2 Å². The van der Waals surface area contributed by atoms with Gasteiger partial charge >= 0.3 is 0 Å². The fraction of sp³-hybridized carbons (Fsp3) is 0.588. The van der Waals surface area contributed by atoms with Gasteiger partial charge in [0.2, 0.25) is 0 Å². The van der Waals surface area contributed by atoms with E-state index in [4.69, 9.17) is 17.0 Å². The highest BCUT2D eigenvalue weighted by molar-refractivity contribution is 7.80. The molecule has 0 radical (unpaired) electrons. The molecule has 0 bridgehead atoms. The Morgan fingerprint density at radius 2 is 1.57 bits per heavy atom. The molecule has 1 aromatic carbocycles. The third kappa shape index (κ3) is 4.34. The van der Waals surface area contributed by atoms with Gasteiger partial charge in [0.15, 0.2) is 5.11 Å². The molecule has 2 aliphatic rings. The number of hydrogen-bond donors (Lipinski definition) is 2. The van der Waals surface area contributed by atoms with E-state index in [9.17, 15) is 0 Å². The van der Waals surface area contributed by atoms with Crippen LogP contribution in [0.25, 0.3) is 0 Å². The zero-order chi connectivity index (χ0) is 14.5. The molecule has 1 aromatic rings. The summed E-state index contributed by atoms with van der Waals surface area (Å²) in [5.41, 5.74) is 1.02. The fourth-order valence-electron chi connectivity index (χ4n) is 3.24. The summed E-state index contributed by atoms with van der Waals surface area (Å²) < 4.78 is 5.97. The van der Waals surface area contributed by atoms with Gasteiger partial charge < -0.3 is 15.4 Å². The summed E-state index contributed by atoms with van der Waals surface area (Å²) in [5.74, 6) is 0.960. The van der Waals surface area contributed by atoms with Gasteiger partial charge in [0.05, 0.1) is 6.10 Å². The van der Waals surface area contributed by atoms with E-state index in [1.54, 1.807) is 0 Å². The van der Waals surface area contributed by atoms with Crippen LogP contribution in [0.15, 0.2) is 24.3 Å². The lowest BCUT2D eigenvalue weighted by Crippen LogP contribution is -2.35. The first-order chi connectivity index (χ1) is 10.3. The standard InChI is InChI=1S/C17H24N2OS/c21-17(18-13-5-1-2-6-13)19-14-9-11-16(12-10-14)20-15-7-3-4-8-15/h9-13,15H,1-8H2,(H2,18,19,21). The first kappa shape index (κ1) is 14.6. The molecule has 2 aliphatic carbocycles. The molecular weight excluding hydrogens is 280 g/mol. The largest absolute Gasteiger partial charge is 0.490 e. The summed E-state index contributed by atoms with van der Waals surface area (Å²) in [5, 5.41) is 7.37. The maximum Gasteiger partial charge on any atom is 0.170 e. The van der Waals surface area contributed by atoms with E-state index in [-0.39, 0.29) is 0 Å². The summed E-state index contributed by atoms with van der Waals surface area (Å²) in [4.78, 5) is 0. The molecule has 0 spiro atoms. The van der Waals surface area contributed by atoms with E-state index < -0.39 is 0 Å². The Bertz CT molecular complexity index is 462. The summed E-state index contributed by atoms with van der Waals surface area (Å²) in [7, 11) is 0. The van der Waals surface area contributed by atoms with Gasteiger partial charge in [-0.1, -0.05) is 12.8 Å². The van der Waals surface area contributed by atoms with Crippen LogP contribution in [0.2, 0.25) is 0 Å². The molecule has 2 N–H and O–H groups in total. The molecule has 0 unspecified atom stereocenters. The number of thiocarbonyl (C=S) groups is 1. The lowest BCUT2D eigenvalue weighted by molar-refractivity contribution is 0.210. The molecule has 2 saturated carbocycles. The Morgan fingerprint density at radius 3 is 2.24 bits per heavy atom. The molecule has 3 rings (SSSR count). The topological polar surface area (TPSA) is 33.3 Å². The molecule has 3 nitrogen and oxygen atoms in total. The van der Waals surface area contributed by atoms with Crippen LogP contribution in [-0.4, -0.2) is 17.3 Å². The number of benzene rings is 1. The van der Waals surface area contributed by atoms with Crippen molar-refractivity contribution >= 4 is 23.0 Å². The summed E-state index contributed by atoms with van der Waals surface area (Å²) in [6, 6.07) is 8.67.